The zero-order chi connectivity index (χ0) is 21.0. The highest BCUT2D eigenvalue weighted by Crippen LogP contribution is 2.24. The Labute approximate surface area is 170 Å². The molecule has 29 heavy (non-hydrogen) atoms. The van der Waals surface area contributed by atoms with E-state index in [0.717, 1.165) is 41.7 Å². The zero-order valence-corrected chi connectivity index (χ0v) is 17.4. The van der Waals surface area contributed by atoms with Crippen LogP contribution in [0.15, 0.2) is 52.0 Å². The molecule has 152 valence electrons. The number of quaternary nitrogens is 1. The first-order chi connectivity index (χ1) is 13.9. The topological polar surface area (TPSA) is 79.3 Å². The lowest BCUT2D eigenvalue weighted by atomic mass is 10.1. The number of nitrogens with zero attached hydrogens (tertiary/aromatic N) is 1. The predicted molar refractivity (Wildman–Crippen MR) is 114 cm³/mol. The summed E-state index contributed by atoms with van der Waals surface area (Å²) in [6.45, 7) is 10.7. The number of hydrogen-bond donors (Lipinski definition) is 3. The Kier molecular flexibility index (Phi) is 6.34. The van der Waals surface area contributed by atoms with Crippen LogP contribution in [-0.2, 0) is 6.54 Å². The van der Waals surface area contributed by atoms with E-state index >= 15 is 0 Å². The smallest absolute Gasteiger partial charge is 0.307 e. The summed E-state index contributed by atoms with van der Waals surface area (Å²) in [5.74, 6) is 0.159. The second-order valence-electron chi connectivity index (χ2n) is 7.17. The fourth-order valence-electron chi connectivity index (χ4n) is 3.36. The van der Waals surface area contributed by atoms with Gasteiger partial charge in [0.05, 0.1) is 18.8 Å². The van der Waals surface area contributed by atoms with Gasteiger partial charge >= 0.3 is 5.91 Å². The average molecular weight is 394 g/mol. The van der Waals surface area contributed by atoms with Crippen LogP contribution in [0.3, 0.4) is 0 Å². The molecule has 0 bridgehead atoms. The summed E-state index contributed by atoms with van der Waals surface area (Å²) in [5, 5.41) is 15.3. The highest BCUT2D eigenvalue weighted by atomic mass is 16.3. The van der Waals surface area contributed by atoms with E-state index in [1.165, 1.54) is 4.90 Å². The molecule has 0 radical (unpaired) electrons. The molecular weight excluding hydrogens is 366 g/mol. The van der Waals surface area contributed by atoms with Crippen molar-refractivity contribution in [2.75, 3.05) is 13.1 Å². The number of amides is 1. The van der Waals surface area contributed by atoms with Crippen molar-refractivity contribution < 1.29 is 19.2 Å². The van der Waals surface area contributed by atoms with Gasteiger partial charge in [-0.25, -0.2) is 5.43 Å². The summed E-state index contributed by atoms with van der Waals surface area (Å²) >= 11 is 0. The van der Waals surface area contributed by atoms with E-state index in [9.17, 15) is 9.90 Å². The molecule has 0 fully saturated rings. The van der Waals surface area contributed by atoms with Crippen LogP contribution < -0.4 is 10.3 Å². The van der Waals surface area contributed by atoms with Crippen molar-refractivity contribution in [2.45, 2.75) is 34.2 Å². The number of carbonyl (C=O) groups is 1. The number of hydrogen-bond acceptors (Lipinski definition) is 4. The molecule has 3 rings (SSSR count). The van der Waals surface area contributed by atoms with Gasteiger partial charge in [-0.15, -0.1) is 0 Å². The Balaban J connectivity index is 1.78. The quantitative estimate of drug-likeness (QED) is 0.426. The van der Waals surface area contributed by atoms with E-state index < -0.39 is 0 Å². The van der Waals surface area contributed by atoms with Crippen LogP contribution in [0.2, 0.25) is 0 Å². The van der Waals surface area contributed by atoms with Crippen molar-refractivity contribution in [3.8, 4) is 5.75 Å². The fourth-order valence-corrected chi connectivity index (χ4v) is 3.36. The predicted octanol–water partition coefficient (Wildman–Crippen LogP) is 3.03. The number of furan rings is 1. The molecule has 6 heteroatoms. The lowest BCUT2D eigenvalue weighted by molar-refractivity contribution is -0.910. The number of rotatable bonds is 7. The molecule has 0 aliphatic rings. The summed E-state index contributed by atoms with van der Waals surface area (Å²) in [5.41, 5.74) is 6.43. The summed E-state index contributed by atoms with van der Waals surface area (Å²) in [4.78, 5) is 13.9. The van der Waals surface area contributed by atoms with Gasteiger partial charge in [0.15, 0.2) is 5.76 Å². The Morgan fingerprint density at radius 1 is 1.17 bits per heavy atom. The van der Waals surface area contributed by atoms with Gasteiger partial charge in [0, 0.05) is 16.5 Å². The van der Waals surface area contributed by atoms with Crippen molar-refractivity contribution in [3.63, 3.8) is 0 Å². The molecule has 2 aromatic carbocycles. The van der Waals surface area contributed by atoms with E-state index in [1.807, 2.05) is 44.2 Å². The van der Waals surface area contributed by atoms with Gasteiger partial charge in [-0.3, -0.25) is 4.79 Å². The summed E-state index contributed by atoms with van der Waals surface area (Å²) < 4.78 is 5.68. The number of aromatic hydroxyl groups is 1. The lowest BCUT2D eigenvalue weighted by Gasteiger charge is -2.16. The first-order valence-corrected chi connectivity index (χ1v) is 9.93. The van der Waals surface area contributed by atoms with Gasteiger partial charge < -0.3 is 14.4 Å². The van der Waals surface area contributed by atoms with Gasteiger partial charge in [-0.1, -0.05) is 18.2 Å². The van der Waals surface area contributed by atoms with Crippen LogP contribution >= 0.6 is 0 Å². The van der Waals surface area contributed by atoms with Gasteiger partial charge in [0.1, 0.15) is 17.9 Å². The molecule has 3 N–H and O–H groups in total. The highest BCUT2D eigenvalue weighted by molar-refractivity contribution is 6.02. The van der Waals surface area contributed by atoms with Crippen LogP contribution in [0.4, 0.5) is 0 Å². The summed E-state index contributed by atoms with van der Waals surface area (Å²) in [6.07, 6.45) is 0. The monoisotopic (exact) mass is 394 g/mol. The molecule has 0 aliphatic heterocycles. The van der Waals surface area contributed by atoms with Crippen LogP contribution in [0.25, 0.3) is 11.0 Å². The second-order valence-corrected chi connectivity index (χ2v) is 7.17. The normalized spacial score (nSPS) is 12.0. The van der Waals surface area contributed by atoms with E-state index in [1.54, 1.807) is 12.1 Å². The lowest BCUT2D eigenvalue weighted by Crippen LogP contribution is -3.10. The van der Waals surface area contributed by atoms with E-state index in [0.29, 0.717) is 11.3 Å². The van der Waals surface area contributed by atoms with Crippen molar-refractivity contribution in [3.05, 3.63) is 64.9 Å². The molecule has 0 spiro atoms. The minimum atomic E-state index is -0.385. The SMILES string of the molecule is CC[NH+](CC)Cc1cc(/C(C)=N/NC(=O)c2oc3ccccc3c2C)ccc1O. The van der Waals surface area contributed by atoms with E-state index in [-0.39, 0.29) is 17.4 Å². The third kappa shape index (κ3) is 4.49. The first kappa shape index (κ1) is 20.6. The molecule has 1 heterocycles. The van der Waals surface area contributed by atoms with Gasteiger partial charge in [0.25, 0.3) is 0 Å². The van der Waals surface area contributed by atoms with E-state index in [4.69, 9.17) is 4.42 Å². The Hall–Kier alpha value is -3.12. The molecule has 0 saturated carbocycles. The molecule has 0 saturated heterocycles. The highest BCUT2D eigenvalue weighted by Gasteiger charge is 2.17. The maximum Gasteiger partial charge on any atom is 0.307 e. The largest absolute Gasteiger partial charge is 0.507 e. The average Bonchev–Trinajstić information content (AvgIpc) is 3.08. The maximum absolute atomic E-state index is 12.6. The first-order valence-electron chi connectivity index (χ1n) is 9.93. The Bertz CT molecular complexity index is 1050. The number of nitrogens with one attached hydrogen (secondary N) is 2. The molecule has 0 atom stereocenters. The number of fused-ring (bicyclic) bond motifs is 1. The minimum absolute atomic E-state index is 0.263. The maximum atomic E-state index is 12.6. The summed E-state index contributed by atoms with van der Waals surface area (Å²) in [6, 6.07) is 13.0. The van der Waals surface area contributed by atoms with Crippen molar-refractivity contribution in [1.82, 2.24) is 5.43 Å². The number of phenols is 1. The third-order valence-electron chi connectivity index (χ3n) is 5.31. The second kappa shape index (κ2) is 8.92. The van der Waals surface area contributed by atoms with E-state index in [2.05, 4.69) is 24.4 Å². The van der Waals surface area contributed by atoms with Crippen LogP contribution in [0.1, 0.15) is 48.0 Å². The van der Waals surface area contributed by atoms with Crippen LogP contribution in [0.5, 0.6) is 5.75 Å². The van der Waals surface area contributed by atoms with Crippen molar-refractivity contribution >= 4 is 22.6 Å². The third-order valence-corrected chi connectivity index (χ3v) is 5.31. The number of benzene rings is 2. The molecule has 1 amide bonds. The fraction of sp³-hybridized carbons (Fsp3) is 0.304. The molecule has 0 aliphatic carbocycles. The number of phenolic OH excluding ortho intramolecular Hbond substituents is 1. The van der Waals surface area contributed by atoms with Crippen LogP contribution in [-0.4, -0.2) is 29.8 Å². The number of carbonyl (C=O) groups excluding carboxylic acids is 1. The standard InChI is InChI=1S/C23H27N3O3/c1-5-26(6-2)14-18-13-17(11-12-20(18)27)16(4)24-25-23(28)22-15(3)19-9-7-8-10-21(19)29-22/h7-13,27H,5-6,14H2,1-4H3,(H,25,28)/p+1/b24-16+. The Morgan fingerprint density at radius 3 is 2.59 bits per heavy atom. The molecule has 0 unspecified atom stereocenters. The number of aryl methyl sites for hydroxylation is 1. The molecule has 3 aromatic rings. The molecule has 6 nitrogen and oxygen atoms in total. The number of hydrazone groups is 1. The molecular formula is C23H28N3O3+. The number of para-hydroxylation sites is 1. The van der Waals surface area contributed by atoms with Gasteiger partial charge in [-0.2, -0.15) is 5.10 Å². The van der Waals surface area contributed by atoms with Crippen molar-refractivity contribution in [1.29, 1.82) is 0 Å². The van der Waals surface area contributed by atoms with Gasteiger partial charge in [-0.05, 0) is 57.5 Å². The van der Waals surface area contributed by atoms with Crippen molar-refractivity contribution in [2.24, 2.45) is 5.10 Å². The molecule has 1 aromatic heterocycles. The van der Waals surface area contributed by atoms with Gasteiger partial charge in [0.2, 0.25) is 0 Å². The summed E-state index contributed by atoms with van der Waals surface area (Å²) in [7, 11) is 0. The Morgan fingerprint density at radius 2 is 1.90 bits per heavy atom. The van der Waals surface area contributed by atoms with Crippen LogP contribution in [0, 0.1) is 6.92 Å². The minimum Gasteiger partial charge on any atom is -0.507 e. The zero-order valence-electron chi connectivity index (χ0n) is 17.4.